The van der Waals surface area contributed by atoms with E-state index in [1.165, 1.54) is 0 Å². The van der Waals surface area contributed by atoms with Gasteiger partial charge in [-0.1, -0.05) is 0 Å². The summed E-state index contributed by atoms with van der Waals surface area (Å²) < 4.78 is 14.1. The molecule has 0 aliphatic heterocycles. The lowest BCUT2D eigenvalue weighted by Gasteiger charge is -2.12. The molecule has 3 rings (SSSR count). The third kappa shape index (κ3) is 4.27. The van der Waals surface area contributed by atoms with Crippen LogP contribution in [-0.2, 0) is 6.54 Å². The van der Waals surface area contributed by atoms with E-state index in [4.69, 9.17) is 9.15 Å². The second-order valence-electron chi connectivity index (χ2n) is 6.38. The van der Waals surface area contributed by atoms with Gasteiger partial charge in [-0.15, -0.1) is 0 Å². The zero-order valence-corrected chi connectivity index (χ0v) is 16.7. The fraction of sp³-hybridized carbons (Fsp3) is 0.368. The predicted octanol–water partition coefficient (Wildman–Crippen LogP) is 4.31. The highest BCUT2D eigenvalue weighted by Gasteiger charge is 2.15. The van der Waals surface area contributed by atoms with Crippen molar-refractivity contribution < 1.29 is 13.9 Å². The summed E-state index contributed by atoms with van der Waals surface area (Å²) in [6.07, 6.45) is 4.55. The number of aromatic nitrogens is 2. The molecule has 0 aliphatic rings. The fourth-order valence-corrected chi connectivity index (χ4v) is 3.16. The van der Waals surface area contributed by atoms with Crippen molar-refractivity contribution in [2.45, 2.75) is 39.8 Å². The van der Waals surface area contributed by atoms with Gasteiger partial charge in [-0.3, -0.25) is 4.79 Å². The first-order chi connectivity index (χ1) is 12.4. The van der Waals surface area contributed by atoms with Crippen LogP contribution in [-0.4, -0.2) is 28.1 Å². The normalized spacial score (nSPS) is 11.3. The summed E-state index contributed by atoms with van der Waals surface area (Å²) in [5, 5.41) is 3.80. The Labute approximate surface area is 160 Å². The van der Waals surface area contributed by atoms with Crippen molar-refractivity contribution in [2.75, 3.05) is 6.54 Å². The maximum Gasteiger partial charge on any atom is 0.251 e. The van der Waals surface area contributed by atoms with Crippen LogP contribution in [0.3, 0.4) is 0 Å². The van der Waals surface area contributed by atoms with Crippen LogP contribution < -0.4 is 10.1 Å². The monoisotopic (exact) mass is 419 g/mol. The average molecular weight is 420 g/mol. The van der Waals surface area contributed by atoms with E-state index < -0.39 is 0 Å². The van der Waals surface area contributed by atoms with E-state index in [-0.39, 0.29) is 12.0 Å². The van der Waals surface area contributed by atoms with E-state index in [1.54, 1.807) is 18.3 Å². The lowest BCUT2D eigenvalue weighted by molar-refractivity contribution is 0.0952. The molecule has 2 heterocycles. The number of halogens is 1. The second kappa shape index (κ2) is 7.95. The van der Waals surface area contributed by atoms with E-state index >= 15 is 0 Å². The van der Waals surface area contributed by atoms with Crippen molar-refractivity contribution in [3.05, 3.63) is 46.7 Å². The summed E-state index contributed by atoms with van der Waals surface area (Å²) in [5.41, 5.74) is 1.14. The quantitative estimate of drug-likeness (QED) is 0.579. The molecule has 0 bridgehead atoms. The first kappa shape index (κ1) is 18.5. The largest absolute Gasteiger partial charge is 0.490 e. The first-order valence-electron chi connectivity index (χ1n) is 8.59. The van der Waals surface area contributed by atoms with Crippen molar-refractivity contribution in [3.63, 3.8) is 0 Å². The molecule has 0 radical (unpaired) electrons. The van der Waals surface area contributed by atoms with E-state index in [9.17, 15) is 4.79 Å². The maximum atomic E-state index is 12.5. The van der Waals surface area contributed by atoms with Gasteiger partial charge in [0.15, 0.2) is 4.67 Å². The minimum atomic E-state index is -0.143. The number of ether oxygens (including phenoxy) is 1. The second-order valence-corrected chi connectivity index (χ2v) is 7.16. The van der Waals surface area contributed by atoms with Crippen LogP contribution in [0.4, 0.5) is 0 Å². The third-order valence-corrected chi connectivity index (χ3v) is 4.37. The molecule has 0 atom stereocenters. The fourth-order valence-electron chi connectivity index (χ4n) is 2.75. The van der Waals surface area contributed by atoms with Gasteiger partial charge in [-0.2, -0.15) is 0 Å². The molecule has 2 aromatic heterocycles. The first-order valence-corrected chi connectivity index (χ1v) is 9.39. The summed E-state index contributed by atoms with van der Waals surface area (Å²) in [6.45, 7) is 7.26. The number of carbonyl (C=O) groups is 1. The number of aryl methyl sites for hydroxylation is 2. The molecule has 1 N–H and O–H groups in total. The van der Waals surface area contributed by atoms with Gasteiger partial charge in [0.25, 0.3) is 5.91 Å². The molecule has 0 saturated heterocycles. The number of hydrogen-bond acceptors (Lipinski definition) is 4. The Hall–Kier alpha value is -2.28. The number of fused-ring (bicyclic) bond motifs is 1. The van der Waals surface area contributed by atoms with Gasteiger partial charge in [0, 0.05) is 37.1 Å². The zero-order chi connectivity index (χ0) is 18.7. The van der Waals surface area contributed by atoms with Crippen LogP contribution in [0.15, 0.2) is 39.7 Å². The summed E-state index contributed by atoms with van der Waals surface area (Å²) in [5.74, 6) is 1.47. The molecule has 1 aromatic carbocycles. The highest BCUT2D eigenvalue weighted by atomic mass is 79.9. The molecule has 3 aromatic rings. The van der Waals surface area contributed by atoms with Crippen LogP contribution in [0.5, 0.6) is 5.75 Å². The summed E-state index contributed by atoms with van der Waals surface area (Å²) in [4.78, 5) is 16.7. The highest BCUT2D eigenvalue weighted by Crippen LogP contribution is 2.33. The lowest BCUT2D eigenvalue weighted by atomic mass is 10.1. The molecule has 6 nitrogen and oxygen atoms in total. The summed E-state index contributed by atoms with van der Waals surface area (Å²) in [6, 6.07) is 5.35. The van der Waals surface area contributed by atoms with Crippen molar-refractivity contribution in [1.29, 1.82) is 0 Å². The Morgan fingerprint density at radius 1 is 1.38 bits per heavy atom. The lowest BCUT2D eigenvalue weighted by Crippen LogP contribution is -2.25. The number of hydrogen-bond donors (Lipinski definition) is 1. The van der Waals surface area contributed by atoms with Crippen molar-refractivity contribution in [3.8, 4) is 5.75 Å². The van der Waals surface area contributed by atoms with Crippen LogP contribution in [0.25, 0.3) is 11.0 Å². The third-order valence-electron chi connectivity index (χ3n) is 3.98. The number of nitrogens with one attached hydrogen (secondary N) is 1. The predicted molar refractivity (Wildman–Crippen MR) is 104 cm³/mol. The van der Waals surface area contributed by atoms with Crippen molar-refractivity contribution >= 4 is 32.8 Å². The van der Waals surface area contributed by atoms with Crippen LogP contribution in [0.1, 0.15) is 36.5 Å². The number of nitrogens with zero attached hydrogens (tertiary/aromatic N) is 2. The zero-order valence-electron chi connectivity index (χ0n) is 15.1. The molecule has 26 heavy (non-hydrogen) atoms. The van der Waals surface area contributed by atoms with Gasteiger partial charge < -0.3 is 19.0 Å². The van der Waals surface area contributed by atoms with Crippen molar-refractivity contribution in [1.82, 2.24) is 14.9 Å². The molecular formula is C19H22BrN3O3. The van der Waals surface area contributed by atoms with Crippen LogP contribution in [0.2, 0.25) is 0 Å². The molecule has 0 spiro atoms. The maximum absolute atomic E-state index is 12.5. The number of carbonyl (C=O) groups excluding carboxylic acids is 1. The molecule has 0 saturated carbocycles. The van der Waals surface area contributed by atoms with E-state index in [0.29, 0.717) is 28.1 Å². The Bertz CT molecular complexity index is 914. The molecule has 138 valence electrons. The Morgan fingerprint density at radius 2 is 2.19 bits per heavy atom. The molecule has 1 amide bonds. The Kier molecular flexibility index (Phi) is 5.66. The minimum Gasteiger partial charge on any atom is -0.490 e. The number of imidazole rings is 1. The van der Waals surface area contributed by atoms with Gasteiger partial charge in [0.05, 0.1) is 11.5 Å². The molecule has 0 unspecified atom stereocenters. The Balaban J connectivity index is 1.68. The van der Waals surface area contributed by atoms with Crippen LogP contribution in [0, 0.1) is 6.92 Å². The van der Waals surface area contributed by atoms with Crippen molar-refractivity contribution in [2.24, 2.45) is 0 Å². The average Bonchev–Trinajstić information content (AvgIpc) is 3.15. The van der Waals surface area contributed by atoms with Gasteiger partial charge in [-0.05, 0) is 55.3 Å². The van der Waals surface area contributed by atoms with Crippen LogP contribution >= 0.6 is 15.9 Å². The standard InChI is InChI=1S/C19H22BrN3O3/c1-12(2)25-16-9-14(10-17-15(16)11-18(20)26-17)19(24)22-5-4-7-23-8-6-21-13(23)3/h6,8-12H,4-5,7H2,1-3H3,(H,22,24). The summed E-state index contributed by atoms with van der Waals surface area (Å²) in [7, 11) is 0. The molecule has 0 fully saturated rings. The molecule has 0 aliphatic carbocycles. The molecule has 7 heteroatoms. The van der Waals surface area contributed by atoms with Gasteiger partial charge in [0.1, 0.15) is 17.2 Å². The van der Waals surface area contributed by atoms with E-state index in [1.807, 2.05) is 33.0 Å². The number of amides is 1. The molecular weight excluding hydrogens is 398 g/mol. The minimum absolute atomic E-state index is 0.00334. The van der Waals surface area contributed by atoms with E-state index in [0.717, 1.165) is 24.2 Å². The summed E-state index contributed by atoms with van der Waals surface area (Å²) >= 11 is 3.33. The van der Waals surface area contributed by atoms with Gasteiger partial charge in [-0.25, -0.2) is 4.98 Å². The number of rotatable bonds is 7. The van der Waals surface area contributed by atoms with Gasteiger partial charge in [0.2, 0.25) is 0 Å². The Morgan fingerprint density at radius 3 is 2.88 bits per heavy atom. The van der Waals surface area contributed by atoms with Gasteiger partial charge >= 0.3 is 0 Å². The highest BCUT2D eigenvalue weighted by molar-refractivity contribution is 9.10. The number of furan rings is 1. The smallest absolute Gasteiger partial charge is 0.251 e. The topological polar surface area (TPSA) is 69.3 Å². The van der Waals surface area contributed by atoms with E-state index in [2.05, 4.69) is 30.8 Å². The number of benzene rings is 1. The SMILES string of the molecule is Cc1nccn1CCCNC(=O)c1cc(OC(C)C)c2cc(Br)oc2c1.